The van der Waals surface area contributed by atoms with Gasteiger partial charge in [0.1, 0.15) is 6.04 Å². The fourth-order valence-corrected chi connectivity index (χ4v) is 4.62. The summed E-state index contributed by atoms with van der Waals surface area (Å²) in [5.41, 5.74) is 1.20. The van der Waals surface area contributed by atoms with Gasteiger partial charge >= 0.3 is 5.97 Å². The molecule has 2 N–H and O–H groups in total. The second-order valence-corrected chi connectivity index (χ2v) is 9.01. The van der Waals surface area contributed by atoms with Crippen LogP contribution in [0.4, 0.5) is 0 Å². The van der Waals surface area contributed by atoms with E-state index >= 15 is 0 Å². The van der Waals surface area contributed by atoms with Crippen LogP contribution in [-0.2, 0) is 20.9 Å². The molecule has 0 bridgehead atoms. The monoisotopic (exact) mass is 443 g/mol. The summed E-state index contributed by atoms with van der Waals surface area (Å²) in [4.78, 5) is 27.2. The summed E-state index contributed by atoms with van der Waals surface area (Å²) < 4.78 is 4.88. The third-order valence-corrected chi connectivity index (χ3v) is 6.36. The number of hydrogen-bond donors (Lipinski definition) is 2. The number of carbonyl (C=O) groups excluding carboxylic acids is 2. The number of methoxy groups -OCH3 is 1. The minimum atomic E-state index is -0.603. The summed E-state index contributed by atoms with van der Waals surface area (Å²) in [5.74, 6) is 0.251. The standard InChI is InChI=1S/C24H33N3O3S/c1-30-24(29)22(12-14-31-2)26-23(28)17-27(16-20-10-6-13-25-20)15-19-9-5-8-18-7-3-4-11-21(18)19/h3-5,7-9,11,20,22,25H,6,10,12-17H2,1-2H3,(H,26,28)/t20-,22-/m0/s1. The number of nitrogens with one attached hydrogen (secondary N) is 2. The van der Waals surface area contributed by atoms with Gasteiger partial charge in [-0.25, -0.2) is 4.79 Å². The van der Waals surface area contributed by atoms with Gasteiger partial charge < -0.3 is 15.4 Å². The molecule has 168 valence electrons. The molecule has 0 radical (unpaired) electrons. The molecule has 0 saturated carbocycles. The Morgan fingerprint density at radius 1 is 1.26 bits per heavy atom. The highest BCUT2D eigenvalue weighted by atomic mass is 32.2. The van der Waals surface area contributed by atoms with Crippen LogP contribution < -0.4 is 10.6 Å². The van der Waals surface area contributed by atoms with Crippen molar-refractivity contribution in [3.8, 4) is 0 Å². The van der Waals surface area contributed by atoms with Crippen LogP contribution in [0.1, 0.15) is 24.8 Å². The average Bonchev–Trinajstić information content (AvgIpc) is 3.29. The van der Waals surface area contributed by atoms with E-state index in [1.807, 2.05) is 18.4 Å². The predicted octanol–water partition coefficient (Wildman–Crippen LogP) is 2.80. The number of rotatable bonds is 11. The van der Waals surface area contributed by atoms with Gasteiger partial charge in [0, 0.05) is 19.1 Å². The van der Waals surface area contributed by atoms with Crippen LogP contribution >= 0.6 is 11.8 Å². The summed E-state index contributed by atoms with van der Waals surface area (Å²) in [6.45, 7) is 2.75. The number of fused-ring (bicyclic) bond motifs is 1. The molecule has 1 amide bonds. The number of hydrogen-bond acceptors (Lipinski definition) is 6. The van der Waals surface area contributed by atoms with Gasteiger partial charge in [0.15, 0.2) is 0 Å². The van der Waals surface area contributed by atoms with E-state index in [1.54, 1.807) is 11.8 Å². The number of esters is 1. The van der Waals surface area contributed by atoms with Crippen LogP contribution in [-0.4, -0.2) is 67.6 Å². The Balaban J connectivity index is 1.72. The van der Waals surface area contributed by atoms with Gasteiger partial charge in [-0.2, -0.15) is 11.8 Å². The Labute approximate surface area is 189 Å². The van der Waals surface area contributed by atoms with E-state index < -0.39 is 6.04 Å². The molecule has 2 aromatic rings. The van der Waals surface area contributed by atoms with Crippen molar-refractivity contribution in [2.24, 2.45) is 0 Å². The van der Waals surface area contributed by atoms with Gasteiger partial charge in [-0.15, -0.1) is 0 Å². The Morgan fingerprint density at radius 2 is 2.06 bits per heavy atom. The van der Waals surface area contributed by atoms with Crippen LogP contribution in [0.5, 0.6) is 0 Å². The molecule has 6 nitrogen and oxygen atoms in total. The van der Waals surface area contributed by atoms with Crippen molar-refractivity contribution < 1.29 is 14.3 Å². The van der Waals surface area contributed by atoms with Crippen molar-refractivity contribution in [1.82, 2.24) is 15.5 Å². The van der Waals surface area contributed by atoms with Gasteiger partial charge in [0.25, 0.3) is 0 Å². The van der Waals surface area contributed by atoms with Crippen molar-refractivity contribution in [2.45, 2.75) is 37.9 Å². The van der Waals surface area contributed by atoms with Crippen LogP contribution in [0, 0.1) is 0 Å². The maximum absolute atomic E-state index is 12.9. The summed E-state index contributed by atoms with van der Waals surface area (Å²) in [6, 6.07) is 14.4. The maximum Gasteiger partial charge on any atom is 0.328 e. The van der Waals surface area contributed by atoms with Crippen molar-refractivity contribution in [1.29, 1.82) is 0 Å². The van der Waals surface area contributed by atoms with Crippen LogP contribution in [0.3, 0.4) is 0 Å². The molecule has 1 aliphatic heterocycles. The summed E-state index contributed by atoms with van der Waals surface area (Å²) in [7, 11) is 1.36. The Morgan fingerprint density at radius 3 is 2.81 bits per heavy atom. The molecule has 0 aliphatic carbocycles. The first-order valence-corrected chi connectivity index (χ1v) is 12.3. The number of nitrogens with zero attached hydrogens (tertiary/aromatic N) is 1. The zero-order chi connectivity index (χ0) is 22.1. The SMILES string of the molecule is COC(=O)[C@H](CCSC)NC(=O)CN(Cc1cccc2ccccc12)C[C@@H]1CCCN1. The van der Waals surface area contributed by atoms with Crippen molar-refractivity contribution in [3.05, 3.63) is 48.0 Å². The molecule has 3 rings (SSSR count). The average molecular weight is 444 g/mol. The van der Waals surface area contributed by atoms with Crippen LogP contribution in [0.25, 0.3) is 10.8 Å². The Hall–Kier alpha value is -2.09. The quantitative estimate of drug-likeness (QED) is 0.521. The molecule has 0 unspecified atom stereocenters. The molecule has 1 saturated heterocycles. The van der Waals surface area contributed by atoms with Gasteiger partial charge in [0.05, 0.1) is 13.7 Å². The number of amides is 1. The summed E-state index contributed by atoms with van der Waals surface area (Å²) >= 11 is 1.65. The van der Waals surface area contributed by atoms with Gasteiger partial charge in [0.2, 0.25) is 5.91 Å². The lowest BCUT2D eigenvalue weighted by Gasteiger charge is -2.26. The fourth-order valence-electron chi connectivity index (χ4n) is 4.15. The van der Waals surface area contributed by atoms with Crippen molar-refractivity contribution in [3.63, 3.8) is 0 Å². The molecular weight excluding hydrogens is 410 g/mol. The molecular formula is C24H33N3O3S. The Bertz CT molecular complexity index is 865. The normalized spacial score (nSPS) is 17.1. The number of carbonyl (C=O) groups is 2. The first-order valence-electron chi connectivity index (χ1n) is 10.9. The van der Waals surface area contributed by atoms with E-state index in [0.717, 1.165) is 31.7 Å². The lowest BCUT2D eigenvalue weighted by molar-refractivity contribution is -0.145. The van der Waals surface area contributed by atoms with E-state index in [2.05, 4.69) is 45.9 Å². The predicted molar refractivity (Wildman–Crippen MR) is 127 cm³/mol. The zero-order valence-corrected chi connectivity index (χ0v) is 19.2. The summed E-state index contributed by atoms with van der Waals surface area (Å²) in [5, 5.41) is 8.83. The Kier molecular flexibility index (Phi) is 9.18. The highest BCUT2D eigenvalue weighted by molar-refractivity contribution is 7.98. The molecule has 1 heterocycles. The lowest BCUT2D eigenvalue weighted by Crippen LogP contribution is -2.48. The molecule has 1 aliphatic rings. The van der Waals surface area contributed by atoms with Gasteiger partial charge in [-0.1, -0.05) is 42.5 Å². The number of ether oxygens (including phenoxy) is 1. The largest absolute Gasteiger partial charge is 0.467 e. The zero-order valence-electron chi connectivity index (χ0n) is 18.4. The van der Waals surface area contributed by atoms with Gasteiger partial charge in [-0.3, -0.25) is 9.69 Å². The van der Waals surface area contributed by atoms with Crippen molar-refractivity contribution >= 4 is 34.4 Å². The minimum absolute atomic E-state index is 0.144. The van der Waals surface area contributed by atoms with E-state index in [-0.39, 0.29) is 18.4 Å². The second kappa shape index (κ2) is 12.1. The first-order chi connectivity index (χ1) is 15.1. The summed E-state index contributed by atoms with van der Waals surface area (Å²) in [6.07, 6.45) is 4.83. The minimum Gasteiger partial charge on any atom is -0.467 e. The van der Waals surface area contributed by atoms with Crippen LogP contribution in [0.15, 0.2) is 42.5 Å². The fraction of sp³-hybridized carbons (Fsp3) is 0.500. The van der Waals surface area contributed by atoms with E-state index in [9.17, 15) is 9.59 Å². The molecule has 31 heavy (non-hydrogen) atoms. The smallest absolute Gasteiger partial charge is 0.328 e. The topological polar surface area (TPSA) is 70.7 Å². The van der Waals surface area contributed by atoms with Crippen LogP contribution in [0.2, 0.25) is 0 Å². The molecule has 0 spiro atoms. The molecule has 1 fully saturated rings. The highest BCUT2D eigenvalue weighted by Crippen LogP contribution is 2.20. The molecule has 2 aromatic carbocycles. The molecule has 7 heteroatoms. The number of thioether (sulfide) groups is 1. The third-order valence-electron chi connectivity index (χ3n) is 5.71. The van der Waals surface area contributed by atoms with E-state index in [0.29, 0.717) is 19.0 Å². The second-order valence-electron chi connectivity index (χ2n) is 8.03. The molecule has 0 aromatic heterocycles. The van der Waals surface area contributed by atoms with Crippen molar-refractivity contribution in [2.75, 3.05) is 38.8 Å². The first kappa shape index (κ1) is 23.6. The third kappa shape index (κ3) is 6.95. The van der Waals surface area contributed by atoms with E-state index in [4.69, 9.17) is 4.74 Å². The highest BCUT2D eigenvalue weighted by Gasteiger charge is 2.24. The lowest BCUT2D eigenvalue weighted by atomic mass is 10.0. The maximum atomic E-state index is 12.9. The van der Waals surface area contributed by atoms with E-state index in [1.165, 1.54) is 23.4 Å². The molecule has 2 atom stereocenters. The number of benzene rings is 2. The van der Waals surface area contributed by atoms with Gasteiger partial charge in [-0.05, 0) is 54.2 Å².